The molecule has 0 atom stereocenters. The number of nitrogens with zero attached hydrogens (tertiary/aromatic N) is 1. The third kappa shape index (κ3) is 2.57. The predicted molar refractivity (Wildman–Crippen MR) is 117 cm³/mol. The molecule has 2 heteroatoms. The summed E-state index contributed by atoms with van der Waals surface area (Å²) >= 11 is 0. The summed E-state index contributed by atoms with van der Waals surface area (Å²) in [6.07, 6.45) is 6.23. The van der Waals surface area contributed by atoms with E-state index in [2.05, 4.69) is 87.3 Å². The van der Waals surface area contributed by atoms with Gasteiger partial charge in [0.2, 0.25) is 0 Å². The van der Waals surface area contributed by atoms with E-state index in [1.54, 1.807) is 0 Å². The average Bonchev–Trinajstić information content (AvgIpc) is 3.08. The number of furan rings is 1. The van der Waals surface area contributed by atoms with Crippen LogP contribution < -0.4 is 0 Å². The largest absolute Gasteiger partial charge is 0.286 e. The van der Waals surface area contributed by atoms with Gasteiger partial charge in [0.05, 0.1) is 12.3 Å². The van der Waals surface area contributed by atoms with Crippen molar-refractivity contribution in [3.8, 4) is 11.1 Å². The highest BCUT2D eigenvalue weighted by molar-refractivity contribution is 6.07. The molecule has 0 N–H and O–H groups in total. The zero-order valence-electron chi connectivity index (χ0n) is 16.1. The Bertz CT molecular complexity index is 1290. The van der Waals surface area contributed by atoms with Crippen molar-refractivity contribution in [2.75, 3.05) is 0 Å². The first kappa shape index (κ1) is 16.6. The van der Waals surface area contributed by atoms with E-state index >= 15 is 0 Å². The fraction of sp³-hybridized carbons (Fsp3) is 0.0769. The van der Waals surface area contributed by atoms with Crippen LogP contribution in [0, 0.1) is 13.0 Å². The van der Waals surface area contributed by atoms with Crippen molar-refractivity contribution < 1.29 is 8.99 Å². The zero-order valence-corrected chi connectivity index (χ0v) is 16.1. The first-order chi connectivity index (χ1) is 13.6. The van der Waals surface area contributed by atoms with E-state index in [1.165, 1.54) is 16.7 Å². The minimum atomic E-state index is 0.909. The molecule has 136 valence electrons. The second-order valence-electron chi connectivity index (χ2n) is 7.37. The Hall–Kier alpha value is -3.52. The zero-order chi connectivity index (χ0) is 19.3. The van der Waals surface area contributed by atoms with E-state index in [4.69, 9.17) is 4.42 Å². The summed E-state index contributed by atoms with van der Waals surface area (Å²) in [6.45, 7) is 8.39. The molecule has 0 bridgehead atoms. The quantitative estimate of drug-likeness (QED) is 0.221. The number of rotatable bonds is 2. The highest BCUT2D eigenvalue weighted by Crippen LogP contribution is 2.38. The molecular formula is C26H21NO. The molecule has 0 spiro atoms. The lowest BCUT2D eigenvalue weighted by molar-refractivity contribution is -0.417. The molecule has 2 heterocycles. The molecule has 0 fully saturated rings. The van der Waals surface area contributed by atoms with Gasteiger partial charge in [0.25, 0.3) is 11.2 Å². The van der Waals surface area contributed by atoms with Gasteiger partial charge in [0, 0.05) is 0 Å². The predicted octanol–water partition coefficient (Wildman–Crippen LogP) is 6.63. The van der Waals surface area contributed by atoms with Gasteiger partial charge in [0.15, 0.2) is 6.04 Å². The van der Waals surface area contributed by atoms with Gasteiger partial charge in [-0.15, -0.1) is 12.1 Å². The monoisotopic (exact) mass is 363 g/mol. The van der Waals surface area contributed by atoms with E-state index in [0.29, 0.717) is 0 Å². The van der Waals surface area contributed by atoms with Crippen LogP contribution in [-0.4, -0.2) is 11.3 Å². The van der Waals surface area contributed by atoms with Crippen LogP contribution in [0.5, 0.6) is 0 Å². The second kappa shape index (κ2) is 6.28. The summed E-state index contributed by atoms with van der Waals surface area (Å²) in [5.41, 5.74) is 7.67. The summed E-state index contributed by atoms with van der Waals surface area (Å²) in [6, 6.07) is 22.3. The minimum absolute atomic E-state index is 0.909. The molecule has 5 rings (SSSR count). The molecule has 0 aliphatic carbocycles. The van der Waals surface area contributed by atoms with Gasteiger partial charge in [-0.05, 0) is 22.9 Å². The van der Waals surface area contributed by atoms with Crippen LogP contribution in [0.3, 0.4) is 0 Å². The first-order valence-corrected chi connectivity index (χ1v) is 9.47. The third-order valence-electron chi connectivity index (χ3n) is 5.40. The maximum Gasteiger partial charge on any atom is 0.279 e. The normalized spacial score (nSPS) is 14.1. The van der Waals surface area contributed by atoms with Crippen molar-refractivity contribution in [3.63, 3.8) is 0 Å². The smallest absolute Gasteiger partial charge is 0.279 e. The van der Waals surface area contributed by atoms with Gasteiger partial charge < -0.3 is 0 Å². The topological polar surface area (TPSA) is 14.3 Å². The number of benzene rings is 3. The van der Waals surface area contributed by atoms with Crippen molar-refractivity contribution in [3.05, 3.63) is 102 Å². The van der Waals surface area contributed by atoms with E-state index in [1.807, 2.05) is 16.8 Å². The molecule has 3 aromatic carbocycles. The molecule has 2 nitrogen and oxygen atoms in total. The molecule has 1 aromatic heterocycles. The molecule has 0 saturated heterocycles. The summed E-state index contributed by atoms with van der Waals surface area (Å²) < 4.78 is 8.35. The van der Waals surface area contributed by atoms with Crippen molar-refractivity contribution in [2.24, 2.45) is 0 Å². The van der Waals surface area contributed by atoms with Gasteiger partial charge >= 0.3 is 0 Å². The summed E-state index contributed by atoms with van der Waals surface area (Å²) in [4.78, 5) is 0. The van der Waals surface area contributed by atoms with E-state index in [0.717, 1.165) is 39.1 Å². The van der Waals surface area contributed by atoms with Crippen LogP contribution in [0.4, 0.5) is 0 Å². The maximum absolute atomic E-state index is 6.43. The second-order valence-corrected chi connectivity index (χ2v) is 7.37. The Morgan fingerprint density at radius 1 is 0.929 bits per heavy atom. The van der Waals surface area contributed by atoms with Gasteiger partial charge in [-0.1, -0.05) is 84.7 Å². The molecule has 4 aromatic rings. The van der Waals surface area contributed by atoms with Crippen molar-refractivity contribution >= 4 is 28.7 Å². The Balaban J connectivity index is 1.75. The molecule has 0 radical (unpaired) electrons. The van der Waals surface area contributed by atoms with E-state index < -0.39 is 0 Å². The van der Waals surface area contributed by atoms with Crippen LogP contribution >= 0.6 is 0 Å². The highest BCUT2D eigenvalue weighted by atomic mass is 16.3. The number of fused-ring (bicyclic) bond motifs is 3. The van der Waals surface area contributed by atoms with Crippen LogP contribution in [0.25, 0.3) is 33.1 Å². The lowest BCUT2D eigenvalue weighted by Gasteiger charge is -2.18. The van der Waals surface area contributed by atoms with Crippen molar-refractivity contribution in [2.45, 2.75) is 13.8 Å². The van der Waals surface area contributed by atoms with Crippen molar-refractivity contribution in [1.82, 2.24) is 0 Å². The SMILES string of the molecule is C=[N+]1C=CC(C)=C[C-]1c1c(C)ccc2c1[o+][c-]1cc(-c3ccccc3)ccc21. The van der Waals surface area contributed by atoms with Gasteiger partial charge in [0.1, 0.15) is 6.20 Å². The molecule has 0 saturated carbocycles. The van der Waals surface area contributed by atoms with Crippen LogP contribution in [0.1, 0.15) is 18.1 Å². The molecular weight excluding hydrogens is 342 g/mol. The third-order valence-corrected chi connectivity index (χ3v) is 5.40. The first-order valence-electron chi connectivity index (χ1n) is 9.47. The fourth-order valence-corrected chi connectivity index (χ4v) is 3.92. The van der Waals surface area contributed by atoms with Gasteiger partial charge in [-0.2, -0.15) is 0 Å². The molecule has 1 aliphatic heterocycles. The van der Waals surface area contributed by atoms with Crippen LogP contribution in [0.15, 0.2) is 89.0 Å². The lowest BCUT2D eigenvalue weighted by Crippen LogP contribution is -2.15. The Morgan fingerprint density at radius 2 is 1.75 bits per heavy atom. The average molecular weight is 363 g/mol. The number of hydrogen-bond donors (Lipinski definition) is 0. The van der Waals surface area contributed by atoms with Crippen molar-refractivity contribution in [1.29, 1.82) is 0 Å². The maximum atomic E-state index is 6.43. The van der Waals surface area contributed by atoms with Crippen LogP contribution in [0.2, 0.25) is 0 Å². The van der Waals surface area contributed by atoms with E-state index in [9.17, 15) is 0 Å². The number of hydrogen-bond acceptors (Lipinski definition) is 0. The van der Waals surface area contributed by atoms with E-state index in [-0.39, 0.29) is 0 Å². The Labute approximate surface area is 164 Å². The summed E-state index contributed by atoms with van der Waals surface area (Å²) in [7, 11) is 0. The highest BCUT2D eigenvalue weighted by Gasteiger charge is 2.26. The lowest BCUT2D eigenvalue weighted by atomic mass is 9.94. The molecule has 1 aliphatic rings. The van der Waals surface area contributed by atoms with Gasteiger partial charge in [-0.3, -0.25) is 8.99 Å². The summed E-state index contributed by atoms with van der Waals surface area (Å²) in [5, 5.41) is 2.27. The minimum Gasteiger partial charge on any atom is -0.286 e. The standard InChI is InChI=1S/C26H21NO/c1-17-13-14-27(3)23(15-17)25-18(2)9-11-22-21-12-10-20(16-24(21)28-26(22)25)19-7-5-4-6-8-19/h4-16H,3H2,1-2H3. The Morgan fingerprint density at radius 3 is 2.57 bits per heavy atom. The molecule has 28 heavy (non-hydrogen) atoms. The van der Waals surface area contributed by atoms with Gasteiger partial charge in [-0.25, -0.2) is 0 Å². The number of allylic oxidation sites excluding steroid dienone is 2. The summed E-state index contributed by atoms with van der Waals surface area (Å²) in [5.74, 6) is 0. The Kier molecular flexibility index (Phi) is 3.73. The molecule has 0 unspecified atom stereocenters. The van der Waals surface area contributed by atoms with Crippen LogP contribution in [-0.2, 0) is 0 Å². The number of aryl methyl sites for hydroxylation is 1. The molecule has 0 amide bonds. The fourth-order valence-electron chi connectivity index (χ4n) is 3.92.